The zero-order valence-corrected chi connectivity index (χ0v) is 17.1. The van der Waals surface area contributed by atoms with Crippen molar-refractivity contribution in [1.82, 2.24) is 0 Å². The molecule has 3 aromatic rings. The van der Waals surface area contributed by atoms with Crippen LogP contribution in [0.25, 0.3) is 0 Å². The number of thiophene rings is 1. The minimum Gasteiger partial charge on any atom is -0.497 e. The predicted octanol–water partition coefficient (Wildman–Crippen LogP) is 5.13. The van der Waals surface area contributed by atoms with Crippen molar-refractivity contribution in [2.75, 3.05) is 17.7 Å². The van der Waals surface area contributed by atoms with Crippen molar-refractivity contribution in [2.24, 2.45) is 0 Å². The first kappa shape index (κ1) is 20.0. The van der Waals surface area contributed by atoms with Gasteiger partial charge in [0.2, 0.25) is 5.91 Å². The summed E-state index contributed by atoms with van der Waals surface area (Å²) in [6.45, 7) is 1.85. The van der Waals surface area contributed by atoms with E-state index in [9.17, 15) is 9.59 Å². The van der Waals surface area contributed by atoms with E-state index in [1.165, 1.54) is 23.1 Å². The van der Waals surface area contributed by atoms with Gasteiger partial charge >= 0.3 is 0 Å². The molecule has 0 saturated heterocycles. The standard InChI is InChI=1S/C21H20N2O3S2/c1-14(20(24)23-16-5-3-6-17(13-16)26-2)28-18-10-8-15(9-11-18)22-21(25)19-7-4-12-27-19/h3-14H,1-2H3,(H,22,25)(H,23,24). The normalized spacial score (nSPS) is 11.5. The first-order chi connectivity index (χ1) is 13.5. The number of rotatable bonds is 7. The predicted molar refractivity (Wildman–Crippen MR) is 116 cm³/mol. The minimum absolute atomic E-state index is 0.0895. The molecular formula is C21H20N2O3S2. The fourth-order valence-electron chi connectivity index (χ4n) is 2.42. The minimum atomic E-state index is -0.280. The van der Waals surface area contributed by atoms with Gasteiger partial charge in [-0.2, -0.15) is 0 Å². The van der Waals surface area contributed by atoms with Gasteiger partial charge in [0, 0.05) is 22.3 Å². The molecular weight excluding hydrogens is 392 g/mol. The largest absolute Gasteiger partial charge is 0.497 e. The molecule has 1 atom stereocenters. The molecule has 0 spiro atoms. The number of benzene rings is 2. The van der Waals surface area contributed by atoms with E-state index in [1.54, 1.807) is 19.2 Å². The molecule has 7 heteroatoms. The number of amides is 2. The van der Waals surface area contributed by atoms with Crippen molar-refractivity contribution in [2.45, 2.75) is 17.1 Å². The van der Waals surface area contributed by atoms with Crippen LogP contribution in [0.4, 0.5) is 11.4 Å². The van der Waals surface area contributed by atoms with Crippen LogP contribution in [0.1, 0.15) is 16.6 Å². The maximum Gasteiger partial charge on any atom is 0.265 e. The number of anilines is 2. The Bertz CT molecular complexity index is 941. The Morgan fingerprint density at radius 1 is 1.00 bits per heavy atom. The van der Waals surface area contributed by atoms with Gasteiger partial charge in [0.15, 0.2) is 0 Å². The SMILES string of the molecule is COc1cccc(NC(=O)C(C)Sc2ccc(NC(=O)c3cccs3)cc2)c1. The average Bonchev–Trinajstić information content (AvgIpc) is 3.24. The molecule has 0 radical (unpaired) electrons. The highest BCUT2D eigenvalue weighted by molar-refractivity contribution is 8.00. The number of hydrogen-bond acceptors (Lipinski definition) is 5. The van der Waals surface area contributed by atoms with Gasteiger partial charge in [0.05, 0.1) is 17.2 Å². The van der Waals surface area contributed by atoms with Gasteiger partial charge in [-0.05, 0) is 54.8 Å². The molecule has 0 aliphatic heterocycles. The van der Waals surface area contributed by atoms with E-state index in [0.29, 0.717) is 16.3 Å². The summed E-state index contributed by atoms with van der Waals surface area (Å²) < 4.78 is 5.17. The molecule has 1 aromatic heterocycles. The van der Waals surface area contributed by atoms with E-state index < -0.39 is 0 Å². The van der Waals surface area contributed by atoms with Crippen LogP contribution in [0.15, 0.2) is 70.9 Å². The van der Waals surface area contributed by atoms with Crippen LogP contribution >= 0.6 is 23.1 Å². The van der Waals surface area contributed by atoms with E-state index in [0.717, 1.165) is 10.6 Å². The molecule has 3 rings (SSSR count). The van der Waals surface area contributed by atoms with Crippen LogP contribution in [-0.2, 0) is 4.79 Å². The van der Waals surface area contributed by atoms with Gasteiger partial charge in [-0.25, -0.2) is 0 Å². The number of carbonyl (C=O) groups is 2. The molecule has 2 N–H and O–H groups in total. The molecule has 0 aliphatic rings. The molecule has 144 valence electrons. The maximum atomic E-state index is 12.4. The second kappa shape index (κ2) is 9.43. The van der Waals surface area contributed by atoms with Gasteiger partial charge in [0.25, 0.3) is 5.91 Å². The van der Waals surface area contributed by atoms with Crippen molar-refractivity contribution < 1.29 is 14.3 Å². The molecule has 1 heterocycles. The van der Waals surface area contributed by atoms with Gasteiger partial charge in [0.1, 0.15) is 5.75 Å². The summed E-state index contributed by atoms with van der Waals surface area (Å²) in [6.07, 6.45) is 0. The van der Waals surface area contributed by atoms with Crippen LogP contribution < -0.4 is 15.4 Å². The number of thioether (sulfide) groups is 1. The second-order valence-electron chi connectivity index (χ2n) is 5.94. The monoisotopic (exact) mass is 412 g/mol. The van der Waals surface area contributed by atoms with Gasteiger partial charge in [-0.1, -0.05) is 12.1 Å². The number of nitrogens with one attached hydrogen (secondary N) is 2. The number of carbonyl (C=O) groups excluding carboxylic acids is 2. The fraction of sp³-hybridized carbons (Fsp3) is 0.143. The fourth-order valence-corrected chi connectivity index (χ4v) is 3.91. The first-order valence-corrected chi connectivity index (χ1v) is 10.4. The Morgan fingerprint density at radius 2 is 1.79 bits per heavy atom. The Kier molecular flexibility index (Phi) is 6.73. The first-order valence-electron chi connectivity index (χ1n) is 8.61. The Labute approximate surface area is 172 Å². The Morgan fingerprint density at radius 3 is 2.46 bits per heavy atom. The molecule has 0 fully saturated rings. The van der Waals surface area contributed by atoms with E-state index in [1.807, 2.05) is 60.8 Å². The number of ether oxygens (including phenoxy) is 1. The average molecular weight is 413 g/mol. The molecule has 28 heavy (non-hydrogen) atoms. The highest BCUT2D eigenvalue weighted by atomic mass is 32.2. The van der Waals surface area contributed by atoms with Gasteiger partial charge < -0.3 is 15.4 Å². The molecule has 2 amide bonds. The zero-order valence-electron chi connectivity index (χ0n) is 15.5. The van der Waals surface area contributed by atoms with E-state index in [2.05, 4.69) is 10.6 Å². The summed E-state index contributed by atoms with van der Waals surface area (Å²) in [5.74, 6) is 0.480. The Balaban J connectivity index is 1.55. The van der Waals surface area contributed by atoms with Crippen molar-refractivity contribution in [3.63, 3.8) is 0 Å². The van der Waals surface area contributed by atoms with Crippen molar-refractivity contribution in [3.8, 4) is 5.75 Å². The van der Waals surface area contributed by atoms with Crippen molar-refractivity contribution in [3.05, 3.63) is 70.9 Å². The zero-order chi connectivity index (χ0) is 19.9. The third-order valence-corrected chi connectivity index (χ3v) is 5.86. The van der Waals surface area contributed by atoms with Crippen molar-refractivity contribution in [1.29, 1.82) is 0 Å². The van der Waals surface area contributed by atoms with Crippen LogP contribution in [0.3, 0.4) is 0 Å². The lowest BCUT2D eigenvalue weighted by molar-refractivity contribution is -0.115. The molecule has 1 unspecified atom stereocenters. The molecule has 0 saturated carbocycles. The summed E-state index contributed by atoms with van der Waals surface area (Å²) in [6, 6.07) is 18.3. The highest BCUT2D eigenvalue weighted by Crippen LogP contribution is 2.26. The molecule has 0 aliphatic carbocycles. The van der Waals surface area contributed by atoms with Crippen LogP contribution in [0.5, 0.6) is 5.75 Å². The topological polar surface area (TPSA) is 67.4 Å². The Hall–Kier alpha value is -2.77. The smallest absolute Gasteiger partial charge is 0.265 e. The summed E-state index contributed by atoms with van der Waals surface area (Å²) >= 11 is 2.85. The lowest BCUT2D eigenvalue weighted by atomic mass is 10.3. The lowest BCUT2D eigenvalue weighted by Gasteiger charge is -2.13. The quantitative estimate of drug-likeness (QED) is 0.528. The third-order valence-electron chi connectivity index (χ3n) is 3.88. The summed E-state index contributed by atoms with van der Waals surface area (Å²) in [4.78, 5) is 26.1. The van der Waals surface area contributed by atoms with Gasteiger partial charge in [-0.3, -0.25) is 9.59 Å². The maximum absolute atomic E-state index is 12.4. The van der Waals surface area contributed by atoms with Crippen LogP contribution in [-0.4, -0.2) is 24.2 Å². The summed E-state index contributed by atoms with van der Waals surface area (Å²) in [5, 5.41) is 7.34. The molecule has 0 bridgehead atoms. The highest BCUT2D eigenvalue weighted by Gasteiger charge is 2.15. The van der Waals surface area contributed by atoms with E-state index in [4.69, 9.17) is 4.74 Å². The van der Waals surface area contributed by atoms with E-state index in [-0.39, 0.29) is 17.1 Å². The third kappa shape index (κ3) is 5.37. The molecule has 5 nitrogen and oxygen atoms in total. The number of methoxy groups -OCH3 is 1. The van der Waals surface area contributed by atoms with Crippen LogP contribution in [0.2, 0.25) is 0 Å². The van der Waals surface area contributed by atoms with Gasteiger partial charge in [-0.15, -0.1) is 23.1 Å². The number of hydrogen-bond donors (Lipinski definition) is 2. The molecule has 2 aromatic carbocycles. The van der Waals surface area contributed by atoms with Crippen LogP contribution in [0, 0.1) is 0 Å². The summed E-state index contributed by atoms with van der Waals surface area (Å²) in [5.41, 5.74) is 1.42. The second-order valence-corrected chi connectivity index (χ2v) is 8.30. The lowest BCUT2D eigenvalue weighted by Crippen LogP contribution is -2.22. The van der Waals surface area contributed by atoms with Crippen molar-refractivity contribution >= 4 is 46.3 Å². The van der Waals surface area contributed by atoms with E-state index >= 15 is 0 Å². The summed E-state index contributed by atoms with van der Waals surface area (Å²) in [7, 11) is 1.59.